The Bertz CT molecular complexity index is 212. The molecule has 1 amide bonds. The Kier molecular flexibility index (Phi) is 6.01. The highest BCUT2D eigenvalue weighted by molar-refractivity contribution is 5.80. The largest absolute Gasteiger partial charge is 0.369 e. The summed E-state index contributed by atoms with van der Waals surface area (Å²) in [6.07, 6.45) is 0. The van der Waals surface area contributed by atoms with E-state index in [1.165, 1.54) is 0 Å². The van der Waals surface area contributed by atoms with Gasteiger partial charge in [0.15, 0.2) is 0 Å². The molecule has 0 rings (SSSR count). The van der Waals surface area contributed by atoms with E-state index in [9.17, 15) is 4.79 Å². The van der Waals surface area contributed by atoms with Crippen LogP contribution in [0.15, 0.2) is 0 Å². The molecule has 16 heavy (non-hydrogen) atoms. The van der Waals surface area contributed by atoms with Crippen molar-refractivity contribution in [3.63, 3.8) is 0 Å². The van der Waals surface area contributed by atoms with Crippen LogP contribution in [0.3, 0.4) is 0 Å². The summed E-state index contributed by atoms with van der Waals surface area (Å²) in [5.41, 5.74) is 4.97. The van der Waals surface area contributed by atoms with Crippen molar-refractivity contribution in [2.24, 2.45) is 23.0 Å². The molecule has 0 aromatic carbocycles. The highest BCUT2D eigenvalue weighted by atomic mass is 16.1. The van der Waals surface area contributed by atoms with Crippen LogP contribution >= 0.6 is 0 Å². The molecule has 0 unspecified atom stereocenters. The zero-order valence-electron chi connectivity index (χ0n) is 11.7. The van der Waals surface area contributed by atoms with Crippen LogP contribution < -0.4 is 5.73 Å². The first-order chi connectivity index (χ1) is 7.15. The molecule has 0 aromatic heterocycles. The number of hydrogen-bond donors (Lipinski definition) is 1. The maximum absolute atomic E-state index is 11.3. The zero-order chi connectivity index (χ0) is 12.9. The van der Waals surface area contributed by atoms with E-state index < -0.39 is 5.41 Å². The van der Waals surface area contributed by atoms with Crippen LogP contribution in [0.25, 0.3) is 0 Å². The minimum atomic E-state index is -0.441. The van der Waals surface area contributed by atoms with Crippen molar-refractivity contribution in [1.82, 2.24) is 4.90 Å². The predicted octanol–water partition coefficient (Wildman–Crippen LogP) is 2.11. The molecule has 0 aromatic rings. The molecular weight excluding hydrogens is 200 g/mol. The maximum atomic E-state index is 11.3. The van der Waals surface area contributed by atoms with Crippen molar-refractivity contribution in [3.05, 3.63) is 0 Å². The molecule has 0 fully saturated rings. The van der Waals surface area contributed by atoms with Crippen molar-refractivity contribution >= 4 is 5.91 Å². The summed E-state index contributed by atoms with van der Waals surface area (Å²) in [6, 6.07) is 0. The number of rotatable bonds is 7. The summed E-state index contributed by atoms with van der Waals surface area (Å²) in [7, 11) is 0. The van der Waals surface area contributed by atoms with Gasteiger partial charge in [0, 0.05) is 19.6 Å². The lowest BCUT2D eigenvalue weighted by Crippen LogP contribution is -2.44. The Morgan fingerprint density at radius 2 is 1.50 bits per heavy atom. The highest BCUT2D eigenvalue weighted by Gasteiger charge is 2.28. The van der Waals surface area contributed by atoms with Gasteiger partial charge in [-0.05, 0) is 25.7 Å². The van der Waals surface area contributed by atoms with Crippen LogP contribution in [0.5, 0.6) is 0 Å². The number of nitrogens with zero attached hydrogens (tertiary/aromatic N) is 1. The van der Waals surface area contributed by atoms with Gasteiger partial charge in [0.2, 0.25) is 5.91 Å². The van der Waals surface area contributed by atoms with Gasteiger partial charge >= 0.3 is 0 Å². The number of carbonyl (C=O) groups excluding carboxylic acids is 1. The third kappa shape index (κ3) is 6.11. The van der Waals surface area contributed by atoms with Crippen molar-refractivity contribution in [2.45, 2.75) is 41.5 Å². The normalized spacial score (nSPS) is 12.8. The lowest BCUT2D eigenvalue weighted by atomic mass is 9.91. The molecule has 0 saturated carbocycles. The third-order valence-electron chi connectivity index (χ3n) is 2.53. The molecule has 0 aliphatic carbocycles. The lowest BCUT2D eigenvalue weighted by molar-refractivity contribution is -0.127. The zero-order valence-corrected chi connectivity index (χ0v) is 11.7. The molecule has 3 nitrogen and oxygen atoms in total. The fourth-order valence-electron chi connectivity index (χ4n) is 1.87. The maximum Gasteiger partial charge on any atom is 0.224 e. The molecule has 96 valence electrons. The van der Waals surface area contributed by atoms with E-state index in [1.54, 1.807) is 0 Å². The quantitative estimate of drug-likeness (QED) is 0.725. The number of amides is 1. The highest BCUT2D eigenvalue weighted by Crippen LogP contribution is 2.18. The first-order valence-corrected chi connectivity index (χ1v) is 6.17. The van der Waals surface area contributed by atoms with Crippen LogP contribution in [0.2, 0.25) is 0 Å². The second-order valence-electron chi connectivity index (χ2n) is 6.23. The molecule has 0 saturated heterocycles. The van der Waals surface area contributed by atoms with Crippen LogP contribution in [0.4, 0.5) is 0 Å². The van der Waals surface area contributed by atoms with Gasteiger partial charge in [0.25, 0.3) is 0 Å². The summed E-state index contributed by atoms with van der Waals surface area (Å²) < 4.78 is 0. The summed E-state index contributed by atoms with van der Waals surface area (Å²) in [5.74, 6) is 1.01. The van der Waals surface area contributed by atoms with E-state index >= 15 is 0 Å². The van der Waals surface area contributed by atoms with E-state index in [2.05, 4.69) is 32.6 Å². The molecule has 0 radical (unpaired) electrons. The standard InChI is InChI=1S/C13H28N2O/c1-10(2)7-15(8-11(3)4)9-13(5,6)12(14)16/h10-11H,7-9H2,1-6H3,(H2,14,16). The molecule has 0 aliphatic heterocycles. The average Bonchev–Trinajstić information content (AvgIpc) is 1.99. The Balaban J connectivity index is 4.47. The first kappa shape index (κ1) is 15.4. The van der Waals surface area contributed by atoms with Crippen LogP contribution in [-0.4, -0.2) is 30.4 Å². The van der Waals surface area contributed by atoms with E-state index in [4.69, 9.17) is 5.73 Å². The summed E-state index contributed by atoms with van der Waals surface area (Å²) in [4.78, 5) is 13.7. The fourth-order valence-corrected chi connectivity index (χ4v) is 1.87. The van der Waals surface area contributed by atoms with Gasteiger partial charge in [0.1, 0.15) is 0 Å². The Morgan fingerprint density at radius 1 is 1.12 bits per heavy atom. The van der Waals surface area contributed by atoms with Gasteiger partial charge in [0.05, 0.1) is 5.41 Å². The van der Waals surface area contributed by atoms with Gasteiger partial charge in [-0.3, -0.25) is 4.79 Å². The Labute approximate surface area is 100 Å². The van der Waals surface area contributed by atoms with E-state index in [-0.39, 0.29) is 5.91 Å². The number of carbonyl (C=O) groups is 1. The van der Waals surface area contributed by atoms with Crippen molar-refractivity contribution in [2.75, 3.05) is 19.6 Å². The molecule has 3 heteroatoms. The molecule has 2 N–H and O–H groups in total. The lowest BCUT2D eigenvalue weighted by Gasteiger charge is -2.32. The Morgan fingerprint density at radius 3 is 1.75 bits per heavy atom. The molecule has 0 atom stereocenters. The summed E-state index contributed by atoms with van der Waals surface area (Å²) in [5, 5.41) is 0. The van der Waals surface area contributed by atoms with Gasteiger partial charge < -0.3 is 10.6 Å². The fraction of sp³-hybridized carbons (Fsp3) is 0.923. The molecular formula is C13H28N2O. The topological polar surface area (TPSA) is 46.3 Å². The van der Waals surface area contributed by atoms with Gasteiger partial charge in [-0.1, -0.05) is 27.7 Å². The molecule has 0 heterocycles. The van der Waals surface area contributed by atoms with Gasteiger partial charge in [-0.2, -0.15) is 0 Å². The number of hydrogen-bond acceptors (Lipinski definition) is 2. The minimum absolute atomic E-state index is 0.218. The van der Waals surface area contributed by atoms with Gasteiger partial charge in [-0.15, -0.1) is 0 Å². The molecule has 0 bridgehead atoms. The third-order valence-corrected chi connectivity index (χ3v) is 2.53. The smallest absolute Gasteiger partial charge is 0.224 e. The summed E-state index contributed by atoms with van der Waals surface area (Å²) >= 11 is 0. The van der Waals surface area contributed by atoms with Crippen LogP contribution in [-0.2, 0) is 4.79 Å². The van der Waals surface area contributed by atoms with Crippen LogP contribution in [0.1, 0.15) is 41.5 Å². The SMILES string of the molecule is CC(C)CN(CC(C)C)CC(C)(C)C(N)=O. The average molecular weight is 228 g/mol. The van der Waals surface area contributed by atoms with E-state index in [0.717, 1.165) is 19.6 Å². The van der Waals surface area contributed by atoms with Crippen molar-refractivity contribution < 1.29 is 4.79 Å². The number of primary amides is 1. The predicted molar refractivity (Wildman–Crippen MR) is 69.1 cm³/mol. The number of nitrogens with two attached hydrogens (primary N) is 1. The second kappa shape index (κ2) is 6.24. The minimum Gasteiger partial charge on any atom is -0.369 e. The van der Waals surface area contributed by atoms with Crippen molar-refractivity contribution in [3.8, 4) is 0 Å². The monoisotopic (exact) mass is 228 g/mol. The van der Waals surface area contributed by atoms with E-state index in [0.29, 0.717) is 11.8 Å². The summed E-state index contributed by atoms with van der Waals surface area (Å²) in [6.45, 7) is 15.4. The Hall–Kier alpha value is -0.570. The van der Waals surface area contributed by atoms with Gasteiger partial charge in [-0.25, -0.2) is 0 Å². The molecule has 0 aliphatic rings. The second-order valence-corrected chi connectivity index (χ2v) is 6.23. The van der Waals surface area contributed by atoms with Crippen molar-refractivity contribution in [1.29, 1.82) is 0 Å². The first-order valence-electron chi connectivity index (χ1n) is 6.17. The molecule has 0 spiro atoms. The van der Waals surface area contributed by atoms with E-state index in [1.807, 2.05) is 13.8 Å². The van der Waals surface area contributed by atoms with Crippen LogP contribution in [0, 0.1) is 17.3 Å².